The molecule has 3 unspecified atom stereocenters. The molecule has 3 N–H and O–H groups in total. The van der Waals surface area contributed by atoms with Gasteiger partial charge in [-0.25, -0.2) is 8.97 Å². The second-order valence-corrected chi connectivity index (χ2v) is 11.0. The Bertz CT molecular complexity index is 1480. The normalized spacial score (nSPS) is 27.6. The minimum Gasteiger partial charge on any atom is -0.346 e. The molecule has 3 aliphatic rings. The van der Waals surface area contributed by atoms with Gasteiger partial charge in [0.05, 0.1) is 11.0 Å². The lowest BCUT2D eigenvalue weighted by molar-refractivity contribution is -0.549. The van der Waals surface area contributed by atoms with Gasteiger partial charge in [0.25, 0.3) is 11.8 Å². The molecule has 1 aromatic carbocycles. The smallest absolute Gasteiger partial charge is 0.346 e. The van der Waals surface area contributed by atoms with Gasteiger partial charge in [-0.3, -0.25) is 24.4 Å². The highest BCUT2D eigenvalue weighted by molar-refractivity contribution is 5.97. The summed E-state index contributed by atoms with van der Waals surface area (Å²) < 4.78 is 54.8. The van der Waals surface area contributed by atoms with Crippen LogP contribution in [0.1, 0.15) is 35.1 Å². The molecule has 2 aliphatic heterocycles. The molecule has 5 rings (SSSR count). The molecule has 41 heavy (non-hydrogen) atoms. The summed E-state index contributed by atoms with van der Waals surface area (Å²) in [6.07, 6.45) is 2.26. The summed E-state index contributed by atoms with van der Waals surface area (Å²) in [7, 11) is 1.66. The molecule has 216 valence electrons. The number of halogens is 4. The third kappa shape index (κ3) is 5.04. The van der Waals surface area contributed by atoms with Crippen LogP contribution in [0.25, 0.3) is 0 Å². The molecule has 2 saturated heterocycles. The van der Waals surface area contributed by atoms with Crippen LogP contribution in [0.2, 0.25) is 0 Å². The third-order valence-electron chi connectivity index (χ3n) is 8.13. The zero-order valence-electron chi connectivity index (χ0n) is 22.3. The van der Waals surface area contributed by atoms with Crippen LogP contribution < -0.4 is 10.6 Å². The Balaban J connectivity index is 1.47. The zero-order valence-corrected chi connectivity index (χ0v) is 22.3. The van der Waals surface area contributed by atoms with Crippen LogP contribution in [0.15, 0.2) is 54.6 Å². The molecule has 1 spiro atoms. The van der Waals surface area contributed by atoms with Gasteiger partial charge in [-0.05, 0) is 24.6 Å². The third-order valence-corrected chi connectivity index (χ3v) is 8.13. The van der Waals surface area contributed by atoms with Crippen molar-refractivity contribution in [3.8, 4) is 0 Å². The Morgan fingerprint density at radius 1 is 1.29 bits per heavy atom. The van der Waals surface area contributed by atoms with Gasteiger partial charge in [-0.15, -0.1) is 0 Å². The molecule has 9 nitrogen and oxygen atoms in total. The Hall–Kier alpha value is -4.29. The van der Waals surface area contributed by atoms with E-state index in [-0.39, 0.29) is 31.2 Å². The highest BCUT2D eigenvalue weighted by Crippen LogP contribution is 2.52. The zero-order chi connectivity index (χ0) is 29.7. The molecule has 3 heterocycles. The summed E-state index contributed by atoms with van der Waals surface area (Å²) in [5.74, 6) is -2.66. The van der Waals surface area contributed by atoms with Gasteiger partial charge >= 0.3 is 6.18 Å². The summed E-state index contributed by atoms with van der Waals surface area (Å²) in [6, 6.07) is 4.67. The van der Waals surface area contributed by atoms with E-state index in [2.05, 4.69) is 22.4 Å². The molecule has 0 radical (unpaired) electrons. The van der Waals surface area contributed by atoms with Gasteiger partial charge in [-0.1, -0.05) is 36.4 Å². The maximum Gasteiger partial charge on any atom is 0.432 e. The number of aromatic nitrogens is 2. The Kier molecular flexibility index (Phi) is 6.86. The first-order valence-corrected chi connectivity index (χ1v) is 12.9. The molecular weight excluding hydrogens is 544 g/mol. The van der Waals surface area contributed by atoms with Crippen molar-refractivity contribution in [2.24, 2.45) is 11.3 Å². The number of hydrogen-bond acceptors (Lipinski definition) is 4. The topological polar surface area (TPSA) is 110 Å². The number of rotatable bonds is 6. The first kappa shape index (κ1) is 28.2. The number of allylic oxidation sites excluding steroid dienone is 2. The fourth-order valence-corrected chi connectivity index (χ4v) is 6.16. The largest absolute Gasteiger partial charge is 0.432 e. The second-order valence-electron chi connectivity index (χ2n) is 11.0. The molecule has 1 aliphatic carbocycles. The molecule has 3 amide bonds. The number of H-pyrrole nitrogens is 1. The summed E-state index contributed by atoms with van der Waals surface area (Å²) in [5, 5.41) is 10.8. The van der Waals surface area contributed by atoms with Gasteiger partial charge in [0.1, 0.15) is 31.3 Å². The predicted molar refractivity (Wildman–Crippen MR) is 139 cm³/mol. The lowest BCUT2D eigenvalue weighted by Crippen LogP contribution is -2.53. The Morgan fingerprint density at radius 3 is 2.71 bits per heavy atom. The number of benzene rings is 1. The van der Waals surface area contributed by atoms with Crippen molar-refractivity contribution >= 4 is 24.4 Å². The van der Waals surface area contributed by atoms with Crippen LogP contribution >= 0.6 is 0 Å². The number of aromatic amines is 1. The standard InChI is InChI=1S/C28H28F4N6O3/c1-26-10-5-4-9-20(26)27(25(41)34-26)14-22(37(2)3)38(15-27)24(40)19(12-16-7-6-8-17(29)11-16)33-23(39)18-13-21(36-35-18)28(30,31)32/h4-11,13,19-20,22H,2,12,14-15H2,1,3H3,(H2-,33,34,35,36,39,41)/p+1/t19?,20?,22-,26?,27-/m0/s1. The van der Waals surface area contributed by atoms with E-state index >= 15 is 0 Å². The van der Waals surface area contributed by atoms with Gasteiger partial charge < -0.3 is 10.6 Å². The molecule has 2 aromatic rings. The van der Waals surface area contributed by atoms with Crippen molar-refractivity contribution in [2.45, 2.75) is 43.7 Å². The van der Waals surface area contributed by atoms with E-state index < -0.39 is 58.4 Å². The number of nitrogens with one attached hydrogen (secondary N) is 3. The van der Waals surface area contributed by atoms with Crippen LogP contribution in [-0.2, 0) is 22.2 Å². The quantitative estimate of drug-likeness (QED) is 0.280. The lowest BCUT2D eigenvalue weighted by atomic mass is 9.68. The number of alkyl halides is 3. The van der Waals surface area contributed by atoms with Crippen molar-refractivity contribution < 1.29 is 36.5 Å². The van der Waals surface area contributed by atoms with Crippen LogP contribution in [0, 0.1) is 17.2 Å². The molecule has 1 aromatic heterocycles. The molecule has 13 heteroatoms. The number of fused-ring (bicyclic) bond motifs is 2. The SMILES string of the molecule is C=[N+](C)[C@@H]1C[C@@]2(CN1C(=O)C(Cc1cccc(F)c1)NC(=O)c1cc(C(F)(F)F)[nH]n1)C(=O)NC1(C)C=CC=CC12. The average Bonchev–Trinajstić information content (AvgIpc) is 3.59. The Labute approximate surface area is 233 Å². The van der Waals surface area contributed by atoms with Gasteiger partial charge in [0.2, 0.25) is 12.1 Å². The monoisotopic (exact) mass is 573 g/mol. The predicted octanol–water partition coefficient (Wildman–Crippen LogP) is 2.43. The summed E-state index contributed by atoms with van der Waals surface area (Å²) >= 11 is 0. The lowest BCUT2D eigenvalue weighted by Gasteiger charge is -2.34. The average molecular weight is 574 g/mol. The maximum absolute atomic E-state index is 14.2. The van der Waals surface area contributed by atoms with E-state index in [1.165, 1.54) is 23.1 Å². The van der Waals surface area contributed by atoms with Crippen LogP contribution in [0.3, 0.4) is 0 Å². The molecule has 2 fully saturated rings. The number of carbonyl (C=O) groups is 3. The van der Waals surface area contributed by atoms with Gasteiger partial charge in [0.15, 0.2) is 5.69 Å². The number of nitrogens with zero attached hydrogens (tertiary/aromatic N) is 3. The van der Waals surface area contributed by atoms with Crippen molar-refractivity contribution in [1.82, 2.24) is 25.7 Å². The number of likely N-dealkylation sites (tertiary alicyclic amines) is 1. The molecule has 5 atom stereocenters. The summed E-state index contributed by atoms with van der Waals surface area (Å²) in [5.41, 5.74) is -3.05. The van der Waals surface area contributed by atoms with E-state index in [0.717, 1.165) is 0 Å². The van der Waals surface area contributed by atoms with Crippen molar-refractivity contribution in [2.75, 3.05) is 13.6 Å². The summed E-state index contributed by atoms with van der Waals surface area (Å²) in [4.78, 5) is 42.1. The fraction of sp³-hybridized carbons (Fsp3) is 0.393. The number of amides is 3. The summed E-state index contributed by atoms with van der Waals surface area (Å²) in [6.45, 7) is 5.88. The van der Waals surface area contributed by atoms with Crippen LogP contribution in [0.5, 0.6) is 0 Å². The van der Waals surface area contributed by atoms with E-state index in [1.807, 2.05) is 31.2 Å². The molecule has 0 bridgehead atoms. The van der Waals surface area contributed by atoms with Gasteiger partial charge in [0, 0.05) is 31.4 Å². The minimum atomic E-state index is -4.75. The number of carbonyl (C=O) groups excluding carboxylic acids is 3. The second kappa shape index (κ2) is 9.96. The van der Waals surface area contributed by atoms with Crippen LogP contribution in [-0.4, -0.2) is 75.5 Å². The van der Waals surface area contributed by atoms with Crippen molar-refractivity contribution in [1.29, 1.82) is 0 Å². The number of hydrogen-bond donors (Lipinski definition) is 3. The molecule has 0 saturated carbocycles. The van der Waals surface area contributed by atoms with E-state index in [9.17, 15) is 31.9 Å². The molecular formula is C28H29F4N6O3+. The van der Waals surface area contributed by atoms with E-state index in [4.69, 9.17) is 0 Å². The first-order chi connectivity index (χ1) is 19.2. The van der Waals surface area contributed by atoms with Gasteiger partial charge in [-0.2, -0.15) is 18.3 Å². The van der Waals surface area contributed by atoms with Crippen molar-refractivity contribution in [3.63, 3.8) is 0 Å². The van der Waals surface area contributed by atoms with E-state index in [1.54, 1.807) is 22.8 Å². The van der Waals surface area contributed by atoms with Crippen LogP contribution in [0.4, 0.5) is 17.6 Å². The highest BCUT2D eigenvalue weighted by atomic mass is 19.4. The first-order valence-electron chi connectivity index (χ1n) is 12.9. The maximum atomic E-state index is 14.2. The van der Waals surface area contributed by atoms with Crippen molar-refractivity contribution in [3.05, 3.63) is 77.4 Å². The Morgan fingerprint density at radius 2 is 2.05 bits per heavy atom. The highest BCUT2D eigenvalue weighted by Gasteiger charge is 2.66. The minimum absolute atomic E-state index is 0.0107. The fourth-order valence-electron chi connectivity index (χ4n) is 6.16. The van der Waals surface area contributed by atoms with E-state index in [0.29, 0.717) is 11.6 Å².